The molecular weight excluding hydrogens is 280 g/mol. The fourth-order valence-corrected chi connectivity index (χ4v) is 3.69. The first-order valence-electron chi connectivity index (χ1n) is 8.22. The van der Waals surface area contributed by atoms with Crippen LogP contribution in [0.1, 0.15) is 51.3 Å². The third-order valence-electron chi connectivity index (χ3n) is 4.61. The Morgan fingerprint density at radius 3 is 2.71 bits per heavy atom. The average Bonchev–Trinajstić information content (AvgIpc) is 2.68. The van der Waals surface area contributed by atoms with E-state index >= 15 is 0 Å². The first-order chi connectivity index (χ1) is 9.97. The van der Waals surface area contributed by atoms with Crippen molar-refractivity contribution in [2.24, 2.45) is 5.41 Å². The van der Waals surface area contributed by atoms with Crippen LogP contribution in [0.15, 0.2) is 18.2 Å². The number of rotatable bonds is 7. The topological polar surface area (TPSA) is 15.3 Å². The van der Waals surface area contributed by atoms with Crippen LogP contribution >= 0.6 is 11.6 Å². The average molecular weight is 309 g/mol. The zero-order valence-corrected chi connectivity index (χ0v) is 14.6. The normalized spacial score (nSPS) is 20.0. The summed E-state index contributed by atoms with van der Waals surface area (Å²) in [5.41, 5.74) is 3.10. The van der Waals surface area contributed by atoms with E-state index in [1.807, 2.05) is 6.07 Å². The molecule has 3 heteroatoms. The van der Waals surface area contributed by atoms with Gasteiger partial charge in [0.25, 0.3) is 0 Å². The smallest absolute Gasteiger partial charge is 0.0409 e. The molecule has 1 N–H and O–H groups in total. The Balaban J connectivity index is 2.00. The summed E-state index contributed by atoms with van der Waals surface area (Å²) in [6.45, 7) is 13.7. The summed E-state index contributed by atoms with van der Waals surface area (Å²) in [7, 11) is 0. The van der Waals surface area contributed by atoms with Crippen LogP contribution in [0.4, 0.5) is 0 Å². The van der Waals surface area contributed by atoms with Crippen LogP contribution in [0.5, 0.6) is 0 Å². The van der Waals surface area contributed by atoms with Crippen LogP contribution in [0.3, 0.4) is 0 Å². The molecule has 1 atom stereocenters. The Morgan fingerprint density at radius 2 is 2.05 bits per heavy atom. The van der Waals surface area contributed by atoms with Gasteiger partial charge in [0, 0.05) is 24.2 Å². The molecule has 1 aliphatic carbocycles. The number of nitrogens with one attached hydrogen (secondary N) is 1. The first kappa shape index (κ1) is 16.8. The van der Waals surface area contributed by atoms with Crippen molar-refractivity contribution in [3.63, 3.8) is 0 Å². The monoisotopic (exact) mass is 308 g/mol. The molecule has 0 spiro atoms. The molecule has 0 amide bonds. The minimum atomic E-state index is 0.259. The molecule has 0 heterocycles. The fourth-order valence-electron chi connectivity index (χ4n) is 3.51. The lowest BCUT2D eigenvalue weighted by molar-refractivity contribution is 0.240. The quantitative estimate of drug-likeness (QED) is 0.808. The lowest BCUT2D eigenvalue weighted by atomic mass is 9.85. The highest BCUT2D eigenvalue weighted by Gasteiger charge is 2.38. The molecule has 21 heavy (non-hydrogen) atoms. The largest absolute Gasteiger partial charge is 0.308 e. The Hall–Kier alpha value is -0.570. The van der Waals surface area contributed by atoms with E-state index in [0.29, 0.717) is 6.04 Å². The number of hydrogen-bond donors (Lipinski definition) is 1. The van der Waals surface area contributed by atoms with Crippen LogP contribution in [0, 0.1) is 5.41 Å². The Kier molecular flexibility index (Phi) is 5.70. The minimum Gasteiger partial charge on any atom is -0.308 e. The molecule has 0 radical (unpaired) electrons. The lowest BCUT2D eigenvalue weighted by Crippen LogP contribution is -2.37. The van der Waals surface area contributed by atoms with Gasteiger partial charge in [0.1, 0.15) is 0 Å². The van der Waals surface area contributed by atoms with E-state index in [9.17, 15) is 0 Å². The molecule has 0 aliphatic heterocycles. The zero-order valence-electron chi connectivity index (χ0n) is 13.9. The van der Waals surface area contributed by atoms with Crippen LogP contribution in [0.25, 0.3) is 0 Å². The van der Waals surface area contributed by atoms with E-state index in [0.717, 1.165) is 31.1 Å². The van der Waals surface area contributed by atoms with Crippen molar-refractivity contribution in [1.82, 2.24) is 10.2 Å². The molecule has 1 unspecified atom stereocenters. The summed E-state index contributed by atoms with van der Waals surface area (Å²) >= 11 is 6.19. The second-order valence-electron chi connectivity index (χ2n) is 6.83. The highest BCUT2D eigenvalue weighted by atomic mass is 35.5. The second-order valence-corrected chi connectivity index (χ2v) is 7.27. The van der Waals surface area contributed by atoms with Gasteiger partial charge >= 0.3 is 0 Å². The predicted octanol–water partition coefficient (Wildman–Crippen LogP) is 4.28. The maximum absolute atomic E-state index is 6.19. The van der Waals surface area contributed by atoms with Crippen molar-refractivity contribution in [3.05, 3.63) is 34.3 Å². The predicted molar refractivity (Wildman–Crippen MR) is 92.1 cm³/mol. The Bertz CT molecular complexity index is 470. The minimum absolute atomic E-state index is 0.259. The first-order valence-corrected chi connectivity index (χ1v) is 8.59. The molecular formula is C18H29ClN2. The van der Waals surface area contributed by atoms with Crippen LogP contribution in [-0.2, 0) is 6.42 Å². The SMILES string of the molecule is CCCN(CC)CCNC1c2cc(Cl)ccc2CC1(C)C. The summed E-state index contributed by atoms with van der Waals surface area (Å²) in [5.74, 6) is 0. The van der Waals surface area contributed by atoms with Crippen LogP contribution in [0.2, 0.25) is 5.02 Å². The van der Waals surface area contributed by atoms with E-state index in [1.165, 1.54) is 24.1 Å². The van der Waals surface area contributed by atoms with Crippen molar-refractivity contribution < 1.29 is 0 Å². The van der Waals surface area contributed by atoms with Crippen molar-refractivity contribution >= 4 is 11.6 Å². The van der Waals surface area contributed by atoms with Gasteiger partial charge < -0.3 is 10.2 Å². The third-order valence-corrected chi connectivity index (χ3v) is 4.85. The summed E-state index contributed by atoms with van der Waals surface area (Å²) in [4.78, 5) is 2.51. The molecule has 0 bridgehead atoms. The summed E-state index contributed by atoms with van der Waals surface area (Å²) < 4.78 is 0. The van der Waals surface area contributed by atoms with Crippen LogP contribution in [-0.4, -0.2) is 31.1 Å². The molecule has 118 valence electrons. The van der Waals surface area contributed by atoms with Gasteiger partial charge in [-0.05, 0) is 54.6 Å². The highest BCUT2D eigenvalue weighted by molar-refractivity contribution is 6.30. The maximum Gasteiger partial charge on any atom is 0.0409 e. The number of benzene rings is 1. The second kappa shape index (κ2) is 7.13. The van der Waals surface area contributed by atoms with Gasteiger partial charge in [-0.3, -0.25) is 0 Å². The maximum atomic E-state index is 6.19. The standard InChI is InChI=1S/C18H29ClN2/c1-5-10-21(6-2)11-9-20-17-16-12-15(19)8-7-14(16)13-18(17,3)4/h7-8,12,17,20H,5-6,9-11,13H2,1-4H3. The molecule has 2 nitrogen and oxygen atoms in total. The molecule has 1 aromatic carbocycles. The van der Waals surface area contributed by atoms with E-state index < -0.39 is 0 Å². The summed E-state index contributed by atoms with van der Waals surface area (Å²) in [6, 6.07) is 6.76. The van der Waals surface area contributed by atoms with Crippen molar-refractivity contribution in [3.8, 4) is 0 Å². The van der Waals surface area contributed by atoms with Gasteiger partial charge in [-0.15, -0.1) is 0 Å². The molecule has 0 saturated heterocycles. The van der Waals surface area contributed by atoms with Gasteiger partial charge in [-0.2, -0.15) is 0 Å². The number of nitrogens with zero attached hydrogens (tertiary/aromatic N) is 1. The molecule has 1 aromatic rings. The Labute approximate surface area is 134 Å². The molecule has 0 saturated carbocycles. The van der Waals surface area contributed by atoms with Gasteiger partial charge in [-0.25, -0.2) is 0 Å². The van der Waals surface area contributed by atoms with Gasteiger partial charge in [0.05, 0.1) is 0 Å². The van der Waals surface area contributed by atoms with E-state index in [4.69, 9.17) is 11.6 Å². The summed E-state index contributed by atoms with van der Waals surface area (Å²) in [5, 5.41) is 4.62. The number of hydrogen-bond acceptors (Lipinski definition) is 2. The van der Waals surface area contributed by atoms with Gasteiger partial charge in [-0.1, -0.05) is 45.4 Å². The summed E-state index contributed by atoms with van der Waals surface area (Å²) in [6.07, 6.45) is 2.35. The number of fused-ring (bicyclic) bond motifs is 1. The molecule has 2 rings (SSSR count). The number of likely N-dealkylation sites (N-methyl/N-ethyl adjacent to an activating group) is 1. The molecule has 0 fully saturated rings. The van der Waals surface area contributed by atoms with Crippen molar-refractivity contribution in [2.75, 3.05) is 26.2 Å². The zero-order chi connectivity index (χ0) is 15.5. The fraction of sp³-hybridized carbons (Fsp3) is 0.667. The van der Waals surface area contributed by atoms with Gasteiger partial charge in [0.2, 0.25) is 0 Å². The highest BCUT2D eigenvalue weighted by Crippen LogP contribution is 2.45. The third kappa shape index (κ3) is 4.00. The number of halogens is 1. The van der Waals surface area contributed by atoms with E-state index in [2.05, 4.69) is 50.0 Å². The van der Waals surface area contributed by atoms with Crippen molar-refractivity contribution in [2.45, 2.75) is 46.6 Å². The van der Waals surface area contributed by atoms with Crippen molar-refractivity contribution in [1.29, 1.82) is 0 Å². The Morgan fingerprint density at radius 1 is 1.29 bits per heavy atom. The van der Waals surface area contributed by atoms with E-state index in [-0.39, 0.29) is 5.41 Å². The van der Waals surface area contributed by atoms with Crippen LogP contribution < -0.4 is 5.32 Å². The molecule has 0 aromatic heterocycles. The van der Waals surface area contributed by atoms with E-state index in [1.54, 1.807) is 0 Å². The van der Waals surface area contributed by atoms with Gasteiger partial charge in [0.15, 0.2) is 0 Å². The lowest BCUT2D eigenvalue weighted by Gasteiger charge is -2.30. The molecule has 1 aliphatic rings.